The lowest BCUT2D eigenvalue weighted by atomic mass is 10.1. The van der Waals surface area contributed by atoms with Crippen molar-refractivity contribution in [1.29, 1.82) is 0 Å². The van der Waals surface area contributed by atoms with E-state index in [-0.39, 0.29) is 6.10 Å². The number of carboxylic acids is 1. The van der Waals surface area contributed by atoms with Gasteiger partial charge < -0.3 is 15.2 Å². The zero-order valence-electron chi connectivity index (χ0n) is 10.4. The van der Waals surface area contributed by atoms with E-state index in [1.54, 1.807) is 0 Å². The molecule has 0 aromatic rings. The van der Waals surface area contributed by atoms with Crippen LogP contribution in [0.25, 0.3) is 0 Å². The monoisotopic (exact) mass is 229 g/mol. The summed E-state index contributed by atoms with van der Waals surface area (Å²) in [5.41, 5.74) is 0. The third kappa shape index (κ3) is 4.94. The molecule has 94 valence electrons. The van der Waals surface area contributed by atoms with Gasteiger partial charge in [-0.2, -0.15) is 0 Å². The second kappa shape index (κ2) is 6.21. The second-order valence-corrected chi connectivity index (χ2v) is 4.94. The van der Waals surface area contributed by atoms with Crippen molar-refractivity contribution in [1.82, 2.24) is 5.32 Å². The molecule has 1 aliphatic rings. The van der Waals surface area contributed by atoms with Crippen molar-refractivity contribution in [3.8, 4) is 0 Å². The van der Waals surface area contributed by atoms with Crippen LogP contribution in [0.2, 0.25) is 0 Å². The first-order valence-electron chi connectivity index (χ1n) is 6.11. The van der Waals surface area contributed by atoms with Crippen LogP contribution in [0.4, 0.5) is 0 Å². The van der Waals surface area contributed by atoms with Gasteiger partial charge in [0.1, 0.15) is 6.04 Å². The molecule has 0 bridgehead atoms. The summed E-state index contributed by atoms with van der Waals surface area (Å²) in [4.78, 5) is 11.0. The quantitative estimate of drug-likeness (QED) is 0.664. The Balaban J connectivity index is 2.18. The second-order valence-electron chi connectivity index (χ2n) is 4.94. The summed E-state index contributed by atoms with van der Waals surface area (Å²) >= 11 is 0. The van der Waals surface area contributed by atoms with Gasteiger partial charge in [-0.1, -0.05) is 13.8 Å². The molecule has 0 amide bonds. The molecule has 1 fully saturated rings. The number of hydrogen-bond donors (Lipinski definition) is 2. The van der Waals surface area contributed by atoms with Crippen molar-refractivity contribution in [2.45, 2.75) is 58.2 Å². The van der Waals surface area contributed by atoms with Gasteiger partial charge in [0.05, 0.1) is 6.10 Å². The molecule has 2 N–H and O–H groups in total. The van der Waals surface area contributed by atoms with Crippen molar-refractivity contribution in [2.24, 2.45) is 5.92 Å². The largest absolute Gasteiger partial charge is 0.480 e. The number of nitrogens with one attached hydrogen (secondary N) is 1. The Kier molecular flexibility index (Phi) is 5.22. The summed E-state index contributed by atoms with van der Waals surface area (Å²) in [7, 11) is 0. The molecule has 1 rings (SSSR count). The highest BCUT2D eigenvalue weighted by Gasteiger charge is 2.28. The molecular weight excluding hydrogens is 206 g/mol. The minimum absolute atomic E-state index is 0.190. The molecule has 0 spiro atoms. The van der Waals surface area contributed by atoms with Crippen LogP contribution in [0.3, 0.4) is 0 Å². The molecule has 1 aliphatic carbocycles. The fourth-order valence-electron chi connectivity index (χ4n) is 1.38. The molecule has 0 aromatic carbocycles. The third-order valence-electron chi connectivity index (χ3n) is 3.04. The van der Waals surface area contributed by atoms with Gasteiger partial charge in [-0.15, -0.1) is 0 Å². The smallest absolute Gasteiger partial charge is 0.320 e. The van der Waals surface area contributed by atoms with Crippen molar-refractivity contribution in [3.05, 3.63) is 0 Å². The predicted molar refractivity (Wildman–Crippen MR) is 62.5 cm³/mol. The number of carbonyl (C=O) groups is 1. The first-order valence-corrected chi connectivity index (χ1v) is 6.11. The van der Waals surface area contributed by atoms with E-state index in [4.69, 9.17) is 9.84 Å². The van der Waals surface area contributed by atoms with Crippen LogP contribution in [-0.4, -0.2) is 35.9 Å². The Labute approximate surface area is 97.4 Å². The number of aliphatic carboxylic acids is 1. The zero-order valence-corrected chi connectivity index (χ0v) is 10.4. The number of hydrogen-bond acceptors (Lipinski definition) is 3. The summed E-state index contributed by atoms with van der Waals surface area (Å²) in [5, 5.41) is 12.1. The lowest BCUT2D eigenvalue weighted by Crippen LogP contribution is -2.39. The van der Waals surface area contributed by atoms with Crippen LogP contribution in [-0.2, 0) is 9.53 Å². The van der Waals surface area contributed by atoms with Crippen LogP contribution in [0.1, 0.15) is 40.0 Å². The summed E-state index contributed by atoms with van der Waals surface area (Å²) in [6.45, 7) is 6.73. The van der Waals surface area contributed by atoms with Crippen LogP contribution < -0.4 is 5.32 Å². The van der Waals surface area contributed by atoms with E-state index in [0.29, 0.717) is 25.0 Å². The molecule has 4 nitrogen and oxygen atoms in total. The molecule has 0 heterocycles. The van der Waals surface area contributed by atoms with E-state index in [2.05, 4.69) is 19.2 Å². The summed E-state index contributed by atoms with van der Waals surface area (Å²) in [5.74, 6) is -0.299. The number of ether oxygens (including phenoxy) is 1. The van der Waals surface area contributed by atoms with Gasteiger partial charge in [0.2, 0.25) is 0 Å². The Morgan fingerprint density at radius 1 is 1.44 bits per heavy atom. The molecule has 0 saturated heterocycles. The highest BCUT2D eigenvalue weighted by molar-refractivity contribution is 5.73. The van der Waals surface area contributed by atoms with Gasteiger partial charge in [0.15, 0.2) is 0 Å². The molecule has 0 radical (unpaired) electrons. The first kappa shape index (κ1) is 13.5. The van der Waals surface area contributed by atoms with Crippen molar-refractivity contribution in [2.75, 3.05) is 6.61 Å². The summed E-state index contributed by atoms with van der Waals surface area (Å²) in [6, 6.07) is -0.0320. The molecule has 2 unspecified atom stereocenters. The number of rotatable bonds is 8. The first-order chi connectivity index (χ1) is 7.50. The maximum Gasteiger partial charge on any atom is 0.320 e. The van der Waals surface area contributed by atoms with Gasteiger partial charge in [-0.3, -0.25) is 4.79 Å². The van der Waals surface area contributed by atoms with E-state index in [1.807, 2.05) is 6.92 Å². The normalized spacial score (nSPS) is 19.8. The van der Waals surface area contributed by atoms with Crippen LogP contribution in [0, 0.1) is 5.92 Å². The SMILES string of the molecule is CC(C)C(C)OCCC(NC1CC1)C(=O)O. The van der Waals surface area contributed by atoms with E-state index >= 15 is 0 Å². The molecule has 0 aromatic heterocycles. The highest BCUT2D eigenvalue weighted by atomic mass is 16.5. The summed E-state index contributed by atoms with van der Waals surface area (Å²) < 4.78 is 5.58. The fourth-order valence-corrected chi connectivity index (χ4v) is 1.38. The molecule has 16 heavy (non-hydrogen) atoms. The van der Waals surface area contributed by atoms with Gasteiger partial charge in [-0.05, 0) is 32.1 Å². The minimum Gasteiger partial charge on any atom is -0.480 e. The van der Waals surface area contributed by atoms with Crippen molar-refractivity contribution >= 4 is 5.97 Å². The fraction of sp³-hybridized carbons (Fsp3) is 0.917. The van der Waals surface area contributed by atoms with Crippen molar-refractivity contribution in [3.63, 3.8) is 0 Å². The van der Waals surface area contributed by atoms with E-state index < -0.39 is 12.0 Å². The standard InChI is InChI=1S/C12H23NO3/c1-8(2)9(3)16-7-6-11(12(14)15)13-10-4-5-10/h8-11,13H,4-7H2,1-3H3,(H,14,15). The van der Waals surface area contributed by atoms with E-state index in [9.17, 15) is 4.79 Å². The lowest BCUT2D eigenvalue weighted by molar-refractivity contribution is -0.140. The molecule has 0 aliphatic heterocycles. The van der Waals surface area contributed by atoms with Gasteiger partial charge in [-0.25, -0.2) is 0 Å². The zero-order chi connectivity index (χ0) is 12.1. The third-order valence-corrected chi connectivity index (χ3v) is 3.04. The molecular formula is C12H23NO3. The van der Waals surface area contributed by atoms with Crippen LogP contribution in [0.5, 0.6) is 0 Å². The van der Waals surface area contributed by atoms with Crippen molar-refractivity contribution < 1.29 is 14.6 Å². The Bertz CT molecular complexity index is 226. The van der Waals surface area contributed by atoms with E-state index in [0.717, 1.165) is 12.8 Å². The summed E-state index contributed by atoms with van der Waals surface area (Å²) in [6.07, 6.45) is 2.94. The van der Waals surface area contributed by atoms with Crippen LogP contribution >= 0.6 is 0 Å². The van der Waals surface area contributed by atoms with Gasteiger partial charge in [0, 0.05) is 12.6 Å². The maximum absolute atomic E-state index is 11.0. The highest BCUT2D eigenvalue weighted by Crippen LogP contribution is 2.20. The van der Waals surface area contributed by atoms with Gasteiger partial charge in [0.25, 0.3) is 0 Å². The Hall–Kier alpha value is -0.610. The van der Waals surface area contributed by atoms with Gasteiger partial charge >= 0.3 is 5.97 Å². The molecule has 1 saturated carbocycles. The molecule has 4 heteroatoms. The average Bonchev–Trinajstić information content (AvgIpc) is 2.99. The maximum atomic E-state index is 11.0. The topological polar surface area (TPSA) is 58.6 Å². The Morgan fingerprint density at radius 3 is 2.50 bits per heavy atom. The van der Waals surface area contributed by atoms with E-state index in [1.165, 1.54) is 0 Å². The minimum atomic E-state index is -0.771. The lowest BCUT2D eigenvalue weighted by Gasteiger charge is -2.19. The van der Waals surface area contributed by atoms with Crippen LogP contribution in [0.15, 0.2) is 0 Å². The Morgan fingerprint density at radius 2 is 2.06 bits per heavy atom. The average molecular weight is 229 g/mol. The number of carboxylic acid groups (broad SMARTS) is 1. The molecule has 2 atom stereocenters. The predicted octanol–water partition coefficient (Wildman–Crippen LogP) is 1.64.